The standard InChI is InChI=1S/C27H26N8O3/c36-27(19-1-5-22(6-2-19)34-9-13-37-14-10-34)32-33-31-21-4-7-23-24(17-21)30-26(29-23)20-3-8-25(28-18-20)35-11-15-38-16-12-35/h1-8,17-18H,9-16H2/p+1. The summed E-state index contributed by atoms with van der Waals surface area (Å²) in [6.07, 6.45) is 1.82. The molecule has 2 aromatic heterocycles. The lowest BCUT2D eigenvalue weighted by Crippen LogP contribution is -2.36. The average Bonchev–Trinajstić information content (AvgIpc) is 3.42. The molecule has 4 aromatic rings. The van der Waals surface area contributed by atoms with Crippen molar-refractivity contribution in [3.63, 3.8) is 0 Å². The summed E-state index contributed by atoms with van der Waals surface area (Å²) in [6.45, 7) is 6.22. The molecule has 0 atom stereocenters. The normalized spacial score (nSPS) is 15.8. The number of rotatable bonds is 5. The van der Waals surface area contributed by atoms with Crippen LogP contribution in [-0.2, 0) is 9.47 Å². The predicted octanol–water partition coefficient (Wildman–Crippen LogP) is 3.74. The van der Waals surface area contributed by atoms with Crippen molar-refractivity contribution < 1.29 is 14.3 Å². The summed E-state index contributed by atoms with van der Waals surface area (Å²) in [6, 6.07) is 16.8. The van der Waals surface area contributed by atoms with Crippen molar-refractivity contribution in [3.05, 3.63) is 66.4 Å². The highest BCUT2D eigenvalue weighted by atomic mass is 16.5. The predicted molar refractivity (Wildman–Crippen MR) is 143 cm³/mol. The summed E-state index contributed by atoms with van der Waals surface area (Å²) in [5.41, 5.74) is 4.57. The largest absolute Gasteiger partial charge is 0.378 e. The number of hydrogen-bond donors (Lipinski definition) is 1. The molecule has 38 heavy (non-hydrogen) atoms. The lowest BCUT2D eigenvalue weighted by atomic mass is 10.2. The van der Waals surface area contributed by atoms with Crippen LogP contribution >= 0.6 is 0 Å². The quantitative estimate of drug-likeness (QED) is 0.320. The monoisotopic (exact) mass is 511 g/mol. The minimum Gasteiger partial charge on any atom is -0.378 e. The van der Waals surface area contributed by atoms with E-state index in [9.17, 15) is 4.79 Å². The molecule has 2 aromatic carbocycles. The van der Waals surface area contributed by atoms with Crippen LogP contribution in [0.5, 0.6) is 0 Å². The molecule has 1 amide bonds. The van der Waals surface area contributed by atoms with Gasteiger partial charge in [0.15, 0.2) is 10.8 Å². The Hall–Kier alpha value is -4.44. The molecule has 2 aliphatic heterocycles. The first-order valence-corrected chi connectivity index (χ1v) is 12.6. The molecule has 192 valence electrons. The van der Waals surface area contributed by atoms with Gasteiger partial charge in [-0.1, -0.05) is 0 Å². The van der Waals surface area contributed by atoms with E-state index in [1.807, 2.05) is 42.6 Å². The van der Waals surface area contributed by atoms with Gasteiger partial charge in [0.1, 0.15) is 11.6 Å². The molecule has 0 unspecified atom stereocenters. The van der Waals surface area contributed by atoms with Crippen LogP contribution in [0.4, 0.5) is 17.2 Å². The molecular formula is C27H27N8O3+. The van der Waals surface area contributed by atoms with Crippen molar-refractivity contribution in [3.8, 4) is 11.4 Å². The molecule has 0 spiro atoms. The number of fused-ring (bicyclic) bond motifs is 1. The topological polar surface area (TPSA) is 122 Å². The Balaban J connectivity index is 1.13. The number of imidazole rings is 1. The van der Waals surface area contributed by atoms with Crippen LogP contribution in [0.15, 0.2) is 71.0 Å². The van der Waals surface area contributed by atoms with Gasteiger partial charge in [-0.25, -0.2) is 9.97 Å². The van der Waals surface area contributed by atoms with Gasteiger partial charge in [0.05, 0.1) is 37.5 Å². The number of nitrogens with zero attached hydrogens (tertiary/aromatic N) is 7. The average molecular weight is 512 g/mol. The Labute approximate surface area is 218 Å². The number of hydrogen-bond acceptors (Lipinski definition) is 8. The highest BCUT2D eigenvalue weighted by molar-refractivity contribution is 5.94. The maximum atomic E-state index is 12.4. The van der Waals surface area contributed by atoms with Crippen molar-refractivity contribution in [2.24, 2.45) is 10.2 Å². The van der Waals surface area contributed by atoms with Crippen LogP contribution < -0.4 is 14.7 Å². The number of amides is 1. The second-order valence-electron chi connectivity index (χ2n) is 9.03. The van der Waals surface area contributed by atoms with E-state index in [2.05, 4.69) is 39.9 Å². The van der Waals surface area contributed by atoms with Crippen LogP contribution in [0.1, 0.15) is 10.4 Å². The molecule has 11 nitrogen and oxygen atoms in total. The molecular weight excluding hydrogens is 484 g/mol. The zero-order chi connectivity index (χ0) is 25.7. The number of nitrogens with one attached hydrogen (secondary N) is 1. The fraction of sp³-hybridized carbons (Fsp3) is 0.296. The van der Waals surface area contributed by atoms with Gasteiger partial charge in [0, 0.05) is 49.2 Å². The van der Waals surface area contributed by atoms with E-state index in [1.165, 1.54) is 0 Å². The Kier molecular flexibility index (Phi) is 6.86. The second kappa shape index (κ2) is 10.9. The zero-order valence-corrected chi connectivity index (χ0v) is 20.8. The summed E-state index contributed by atoms with van der Waals surface area (Å²) in [5.74, 6) is 1.21. The van der Waals surface area contributed by atoms with Gasteiger partial charge in [-0.05, 0) is 54.6 Å². The summed E-state index contributed by atoms with van der Waals surface area (Å²) in [5, 5.41) is 7.85. The Morgan fingerprint density at radius 3 is 2.34 bits per heavy atom. The number of H-pyrrole nitrogens is 1. The van der Waals surface area contributed by atoms with Crippen molar-refractivity contribution in [2.45, 2.75) is 0 Å². The number of aromatic nitrogens is 3. The van der Waals surface area contributed by atoms with E-state index in [4.69, 9.17) is 9.47 Å². The molecule has 6 rings (SSSR count). The lowest BCUT2D eigenvalue weighted by Gasteiger charge is -2.28. The number of anilines is 2. The fourth-order valence-corrected chi connectivity index (χ4v) is 4.51. The fourth-order valence-electron chi connectivity index (χ4n) is 4.51. The van der Waals surface area contributed by atoms with E-state index < -0.39 is 5.91 Å². The summed E-state index contributed by atoms with van der Waals surface area (Å²) >= 11 is 0. The van der Waals surface area contributed by atoms with Crippen molar-refractivity contribution in [2.75, 3.05) is 62.4 Å². The van der Waals surface area contributed by atoms with Crippen molar-refractivity contribution in [1.82, 2.24) is 19.9 Å². The van der Waals surface area contributed by atoms with Gasteiger partial charge in [-0.2, -0.15) is 0 Å². The van der Waals surface area contributed by atoms with Crippen LogP contribution in [0.3, 0.4) is 0 Å². The minimum absolute atomic E-state index is 0.444. The van der Waals surface area contributed by atoms with Gasteiger partial charge in [-0.3, -0.25) is 4.79 Å². The molecule has 0 bridgehead atoms. The number of pyridine rings is 1. The molecule has 4 heterocycles. The van der Waals surface area contributed by atoms with Crippen LogP contribution in [0, 0.1) is 0 Å². The Morgan fingerprint density at radius 2 is 1.63 bits per heavy atom. The van der Waals surface area contributed by atoms with E-state index >= 15 is 0 Å². The van der Waals surface area contributed by atoms with Gasteiger partial charge >= 0.3 is 5.91 Å². The lowest BCUT2D eigenvalue weighted by molar-refractivity contribution is 0.0992. The molecule has 0 saturated carbocycles. The smallest absolute Gasteiger partial charge is 0.360 e. The molecule has 2 aliphatic rings. The van der Waals surface area contributed by atoms with E-state index in [0.29, 0.717) is 24.5 Å². The zero-order valence-electron chi connectivity index (χ0n) is 20.8. The third kappa shape index (κ3) is 5.30. The number of morpholine rings is 2. The number of carbonyl (C=O) groups excluding carboxylic acids is 1. The van der Waals surface area contributed by atoms with Crippen molar-refractivity contribution >= 4 is 34.1 Å². The van der Waals surface area contributed by atoms with Gasteiger partial charge in [0.2, 0.25) is 10.0 Å². The summed E-state index contributed by atoms with van der Waals surface area (Å²) < 4.78 is 10.8. The van der Waals surface area contributed by atoms with Crippen LogP contribution in [-0.4, -0.2) is 73.5 Å². The number of aromatic amines is 1. The maximum absolute atomic E-state index is 12.4. The second-order valence-corrected chi connectivity index (χ2v) is 9.03. The highest BCUT2D eigenvalue weighted by Crippen LogP contribution is 2.25. The maximum Gasteiger partial charge on any atom is 0.360 e. The molecule has 11 heteroatoms. The van der Waals surface area contributed by atoms with E-state index in [-0.39, 0.29) is 0 Å². The Morgan fingerprint density at radius 1 is 0.895 bits per heavy atom. The first-order chi connectivity index (χ1) is 18.7. The number of carbonyl (C=O) groups is 1. The first-order valence-electron chi connectivity index (χ1n) is 12.6. The third-order valence-electron chi connectivity index (χ3n) is 6.61. The van der Waals surface area contributed by atoms with E-state index in [1.54, 1.807) is 18.2 Å². The number of ether oxygens (including phenoxy) is 2. The minimum atomic E-state index is -0.444. The highest BCUT2D eigenvalue weighted by Gasteiger charge is 2.15. The van der Waals surface area contributed by atoms with E-state index in [0.717, 1.165) is 73.3 Å². The van der Waals surface area contributed by atoms with Crippen LogP contribution in [0.25, 0.3) is 22.4 Å². The summed E-state index contributed by atoms with van der Waals surface area (Å²) in [7, 11) is 0. The molecule has 2 saturated heterocycles. The van der Waals surface area contributed by atoms with Crippen LogP contribution in [0.2, 0.25) is 0 Å². The summed E-state index contributed by atoms with van der Waals surface area (Å²) in [4.78, 5) is 33.2. The Bertz CT molecular complexity index is 1480. The van der Waals surface area contributed by atoms with Gasteiger partial charge in [-0.15, -0.1) is 0 Å². The van der Waals surface area contributed by atoms with Gasteiger partial charge in [0.25, 0.3) is 0 Å². The SMILES string of the molecule is O=C(N=[N+]=Nc1ccc2nc(-c3ccc(N4CCOCC4)nc3)[nH]c2c1)c1ccc(N2CCOCC2)cc1. The van der Waals surface area contributed by atoms with Crippen molar-refractivity contribution in [1.29, 1.82) is 0 Å². The number of benzene rings is 2. The molecule has 2 fully saturated rings. The molecule has 0 aliphatic carbocycles. The van der Waals surface area contributed by atoms with Gasteiger partial charge < -0.3 is 24.3 Å². The molecule has 0 radical (unpaired) electrons. The first kappa shape index (κ1) is 23.9. The third-order valence-corrected chi connectivity index (χ3v) is 6.61. The molecule has 1 N–H and O–H groups in total.